The van der Waals surface area contributed by atoms with E-state index in [0.717, 1.165) is 15.6 Å². The Labute approximate surface area is 193 Å². The summed E-state index contributed by atoms with van der Waals surface area (Å²) < 4.78 is 22.6. The van der Waals surface area contributed by atoms with Crippen molar-refractivity contribution in [2.45, 2.75) is 6.61 Å². The van der Waals surface area contributed by atoms with Crippen LogP contribution >= 0.6 is 15.9 Å². The number of hydrogen-bond acceptors (Lipinski definition) is 6. The monoisotopic (exact) mass is 494 g/mol. The van der Waals surface area contributed by atoms with Crippen molar-refractivity contribution in [3.63, 3.8) is 0 Å². The fourth-order valence-corrected chi connectivity index (χ4v) is 3.62. The lowest BCUT2D eigenvalue weighted by Crippen LogP contribution is -2.02. The Morgan fingerprint density at radius 2 is 1.81 bits per heavy atom. The number of rotatable bonds is 6. The van der Waals surface area contributed by atoms with Crippen LogP contribution in [0.3, 0.4) is 0 Å². The first-order valence-corrected chi connectivity index (χ1v) is 10.5. The molecule has 1 heterocycles. The summed E-state index contributed by atoms with van der Waals surface area (Å²) in [5, 5.41) is 0. The topological polar surface area (TPSA) is 71.1 Å². The number of methoxy groups -OCH3 is 2. The molecule has 0 N–H and O–H groups in total. The van der Waals surface area contributed by atoms with E-state index in [2.05, 4.69) is 15.9 Å². The largest absolute Gasteiger partial charge is 0.496 e. The number of benzene rings is 3. The van der Waals surface area contributed by atoms with Crippen LogP contribution in [0.2, 0.25) is 0 Å². The summed E-state index contributed by atoms with van der Waals surface area (Å²) in [6, 6.07) is 17.6. The number of carbonyl (C=O) groups is 2. The lowest BCUT2D eigenvalue weighted by Gasteiger charge is -2.08. The number of allylic oxidation sites excluding steroid dienone is 1. The maximum Gasteiger partial charge on any atom is 0.337 e. The van der Waals surface area contributed by atoms with Crippen LogP contribution in [-0.4, -0.2) is 26.0 Å². The first kappa shape index (κ1) is 21.6. The molecule has 0 aliphatic carbocycles. The molecule has 0 bridgehead atoms. The van der Waals surface area contributed by atoms with Crippen molar-refractivity contribution >= 4 is 33.8 Å². The SMILES string of the molecule is COC(=O)c1ccc(COc2ccc3c(c2)O/C(=C\c2cc(Br)ccc2OC)C3=O)cc1. The third-order valence-corrected chi connectivity index (χ3v) is 5.39. The molecule has 0 atom stereocenters. The van der Waals surface area contributed by atoms with Crippen molar-refractivity contribution in [2.75, 3.05) is 14.2 Å². The number of Topliss-reactive ketones (excluding diaryl/α,β-unsaturated/α-hetero) is 1. The van der Waals surface area contributed by atoms with Gasteiger partial charge in [-0.05, 0) is 54.1 Å². The van der Waals surface area contributed by atoms with Crippen molar-refractivity contribution in [1.82, 2.24) is 0 Å². The van der Waals surface area contributed by atoms with Gasteiger partial charge in [0.05, 0.1) is 25.3 Å². The normalized spacial score (nSPS) is 13.5. The van der Waals surface area contributed by atoms with Gasteiger partial charge >= 0.3 is 5.97 Å². The maximum atomic E-state index is 12.8. The highest BCUT2D eigenvalue weighted by atomic mass is 79.9. The zero-order valence-electron chi connectivity index (χ0n) is 17.4. The smallest absolute Gasteiger partial charge is 0.337 e. The Balaban J connectivity index is 1.48. The van der Waals surface area contributed by atoms with Crippen LogP contribution in [-0.2, 0) is 11.3 Å². The first-order valence-electron chi connectivity index (χ1n) is 9.70. The zero-order valence-corrected chi connectivity index (χ0v) is 19.0. The first-order chi connectivity index (χ1) is 15.5. The van der Waals surface area contributed by atoms with Crippen molar-refractivity contribution < 1.29 is 28.5 Å². The molecular formula is C25H19BrO6. The van der Waals surface area contributed by atoms with Gasteiger partial charge in [0, 0.05) is 16.1 Å². The third-order valence-electron chi connectivity index (χ3n) is 4.90. The van der Waals surface area contributed by atoms with Gasteiger partial charge in [0.2, 0.25) is 5.78 Å². The quantitative estimate of drug-likeness (QED) is 0.335. The molecule has 0 fully saturated rings. The maximum absolute atomic E-state index is 12.8. The predicted octanol–water partition coefficient (Wildman–Crippen LogP) is 5.44. The molecule has 6 nitrogen and oxygen atoms in total. The molecular weight excluding hydrogens is 476 g/mol. The van der Waals surface area contributed by atoms with E-state index in [1.54, 1.807) is 55.7 Å². The highest BCUT2D eigenvalue weighted by molar-refractivity contribution is 9.10. The summed E-state index contributed by atoms with van der Waals surface area (Å²) in [6.07, 6.45) is 1.66. The molecule has 1 aliphatic rings. The molecule has 0 aromatic heterocycles. The fourth-order valence-electron chi connectivity index (χ4n) is 3.24. The second-order valence-corrected chi connectivity index (χ2v) is 7.88. The zero-order chi connectivity index (χ0) is 22.7. The van der Waals surface area contributed by atoms with Gasteiger partial charge in [0.25, 0.3) is 0 Å². The number of hydrogen-bond donors (Lipinski definition) is 0. The van der Waals surface area contributed by atoms with Crippen molar-refractivity contribution in [3.8, 4) is 17.2 Å². The van der Waals surface area contributed by atoms with E-state index in [1.807, 2.05) is 18.2 Å². The van der Waals surface area contributed by atoms with Crippen LogP contribution in [0.5, 0.6) is 17.2 Å². The minimum atomic E-state index is -0.387. The van der Waals surface area contributed by atoms with Crippen LogP contribution < -0.4 is 14.2 Å². The van der Waals surface area contributed by atoms with E-state index in [1.165, 1.54) is 7.11 Å². The Kier molecular flexibility index (Phi) is 6.28. The summed E-state index contributed by atoms with van der Waals surface area (Å²) in [5.41, 5.74) is 2.56. The van der Waals surface area contributed by atoms with E-state index >= 15 is 0 Å². The van der Waals surface area contributed by atoms with E-state index < -0.39 is 0 Å². The van der Waals surface area contributed by atoms with Gasteiger partial charge < -0.3 is 18.9 Å². The molecule has 0 saturated carbocycles. The summed E-state index contributed by atoms with van der Waals surface area (Å²) in [5.74, 6) is 1.26. The van der Waals surface area contributed by atoms with E-state index in [9.17, 15) is 9.59 Å². The molecule has 3 aromatic carbocycles. The van der Waals surface area contributed by atoms with Crippen molar-refractivity contribution in [3.05, 3.63) is 93.1 Å². The van der Waals surface area contributed by atoms with Crippen LogP contribution in [0.25, 0.3) is 6.08 Å². The van der Waals surface area contributed by atoms with Crippen molar-refractivity contribution in [1.29, 1.82) is 0 Å². The van der Waals surface area contributed by atoms with E-state index in [0.29, 0.717) is 35.0 Å². The summed E-state index contributed by atoms with van der Waals surface area (Å²) >= 11 is 3.43. The molecule has 162 valence electrons. The molecule has 3 aromatic rings. The standard InChI is InChI=1S/C25H19BrO6/c1-29-21-10-7-18(26)11-17(21)12-23-24(27)20-9-8-19(13-22(20)32-23)31-14-15-3-5-16(6-4-15)25(28)30-2/h3-13H,14H2,1-2H3/b23-12-. The Morgan fingerprint density at radius 1 is 1.03 bits per heavy atom. The Bertz CT molecular complexity index is 1210. The minimum absolute atomic E-state index is 0.202. The number of esters is 1. The number of ketones is 1. The lowest BCUT2D eigenvalue weighted by molar-refractivity contribution is 0.0600. The van der Waals surface area contributed by atoms with Gasteiger partial charge in [-0.3, -0.25) is 4.79 Å². The molecule has 7 heteroatoms. The fraction of sp³-hybridized carbons (Fsp3) is 0.120. The van der Waals surface area contributed by atoms with Crippen LogP contribution in [0.15, 0.2) is 70.9 Å². The average molecular weight is 495 g/mol. The second-order valence-electron chi connectivity index (χ2n) is 6.96. The van der Waals surface area contributed by atoms with E-state index in [-0.39, 0.29) is 17.5 Å². The lowest BCUT2D eigenvalue weighted by atomic mass is 10.1. The number of carbonyl (C=O) groups excluding carboxylic acids is 2. The number of fused-ring (bicyclic) bond motifs is 1. The molecule has 0 amide bonds. The second kappa shape index (κ2) is 9.28. The molecule has 0 radical (unpaired) electrons. The van der Waals surface area contributed by atoms with Crippen LogP contribution in [0.1, 0.15) is 31.8 Å². The average Bonchev–Trinajstić information content (AvgIpc) is 3.12. The molecule has 4 rings (SSSR count). The van der Waals surface area contributed by atoms with Gasteiger partial charge in [-0.2, -0.15) is 0 Å². The molecule has 0 saturated heterocycles. The Hall–Kier alpha value is -3.58. The summed E-state index contributed by atoms with van der Waals surface area (Å²) in [7, 11) is 2.92. The molecule has 0 spiro atoms. The minimum Gasteiger partial charge on any atom is -0.496 e. The molecule has 0 unspecified atom stereocenters. The van der Waals surface area contributed by atoms with Gasteiger partial charge in [0.15, 0.2) is 5.76 Å². The summed E-state index contributed by atoms with van der Waals surface area (Å²) in [6.45, 7) is 0.298. The van der Waals surface area contributed by atoms with Gasteiger partial charge in [-0.15, -0.1) is 0 Å². The predicted molar refractivity (Wildman–Crippen MR) is 122 cm³/mol. The number of ether oxygens (including phenoxy) is 4. The Morgan fingerprint density at radius 3 is 2.53 bits per heavy atom. The summed E-state index contributed by atoms with van der Waals surface area (Å²) in [4.78, 5) is 24.3. The van der Waals surface area contributed by atoms with Gasteiger partial charge in [-0.25, -0.2) is 4.79 Å². The van der Waals surface area contributed by atoms with Gasteiger partial charge in [-0.1, -0.05) is 28.1 Å². The number of halogens is 1. The molecule has 1 aliphatic heterocycles. The highest BCUT2D eigenvalue weighted by Gasteiger charge is 2.28. The van der Waals surface area contributed by atoms with E-state index in [4.69, 9.17) is 18.9 Å². The van der Waals surface area contributed by atoms with Crippen molar-refractivity contribution in [2.24, 2.45) is 0 Å². The third kappa shape index (κ3) is 4.53. The van der Waals surface area contributed by atoms with Gasteiger partial charge in [0.1, 0.15) is 23.9 Å². The van der Waals surface area contributed by atoms with Crippen LogP contribution in [0.4, 0.5) is 0 Å². The highest BCUT2D eigenvalue weighted by Crippen LogP contribution is 2.36. The molecule has 32 heavy (non-hydrogen) atoms. The van der Waals surface area contributed by atoms with Crippen LogP contribution in [0, 0.1) is 0 Å².